The second-order valence-corrected chi connectivity index (χ2v) is 8.10. The van der Waals surface area contributed by atoms with Crippen LogP contribution in [0.1, 0.15) is 33.1 Å². The van der Waals surface area contributed by atoms with Crippen LogP contribution in [0.2, 0.25) is 0 Å². The van der Waals surface area contributed by atoms with Crippen molar-refractivity contribution in [2.45, 2.75) is 18.5 Å². The molecule has 28 heavy (non-hydrogen) atoms. The van der Waals surface area contributed by atoms with Crippen LogP contribution in [0.4, 0.5) is 13.2 Å². The van der Waals surface area contributed by atoms with Gasteiger partial charge in [0, 0.05) is 42.9 Å². The average molecular weight is 408 g/mol. The summed E-state index contributed by atoms with van der Waals surface area (Å²) in [5.41, 5.74) is -1.26. The van der Waals surface area contributed by atoms with E-state index in [1.165, 1.54) is 28.0 Å². The Morgan fingerprint density at radius 1 is 0.964 bits per heavy atom. The molecule has 4 nitrogen and oxygen atoms in total. The maximum absolute atomic E-state index is 13.2. The van der Waals surface area contributed by atoms with Crippen LogP contribution in [-0.2, 0) is 11.0 Å². The molecule has 1 aliphatic heterocycles. The molecular weight excluding hydrogens is 389 g/mol. The first-order valence-corrected chi connectivity index (χ1v) is 10.0. The van der Waals surface area contributed by atoms with Gasteiger partial charge in [0.15, 0.2) is 0 Å². The normalized spacial score (nSPS) is 22.2. The molecule has 0 radical (unpaired) electrons. The third-order valence-corrected chi connectivity index (χ3v) is 6.36. The van der Waals surface area contributed by atoms with Gasteiger partial charge in [0.1, 0.15) is 0 Å². The number of thiophene rings is 1. The van der Waals surface area contributed by atoms with Crippen LogP contribution in [0.5, 0.6) is 0 Å². The van der Waals surface area contributed by atoms with Crippen molar-refractivity contribution >= 4 is 23.2 Å². The lowest BCUT2D eigenvalue weighted by Crippen LogP contribution is -2.51. The van der Waals surface area contributed by atoms with Gasteiger partial charge < -0.3 is 9.80 Å². The Bertz CT molecular complexity index is 874. The number of benzene rings is 1. The van der Waals surface area contributed by atoms with E-state index in [4.69, 9.17) is 0 Å². The van der Waals surface area contributed by atoms with E-state index in [9.17, 15) is 22.8 Å². The zero-order valence-electron chi connectivity index (χ0n) is 15.0. The fraction of sp³-hybridized carbons (Fsp3) is 0.400. The molecule has 1 aromatic heterocycles. The van der Waals surface area contributed by atoms with Crippen molar-refractivity contribution < 1.29 is 22.8 Å². The Morgan fingerprint density at radius 2 is 1.64 bits per heavy atom. The molecule has 0 spiro atoms. The first-order valence-electron chi connectivity index (χ1n) is 9.14. The predicted molar refractivity (Wildman–Crippen MR) is 99.1 cm³/mol. The smallest absolute Gasteiger partial charge is 0.339 e. The molecule has 2 aromatic rings. The van der Waals surface area contributed by atoms with Crippen molar-refractivity contribution in [3.05, 3.63) is 57.8 Å². The quantitative estimate of drug-likeness (QED) is 0.774. The maximum atomic E-state index is 13.2. The molecular formula is C20H19F3N2O2S. The largest absolute Gasteiger partial charge is 0.417 e. The number of hydrogen-bond donors (Lipinski definition) is 0. The number of carbonyl (C=O) groups excluding carboxylic acids is 2. The van der Waals surface area contributed by atoms with Gasteiger partial charge in [0.25, 0.3) is 5.91 Å². The molecule has 1 aliphatic carbocycles. The maximum Gasteiger partial charge on any atom is 0.417 e. The van der Waals surface area contributed by atoms with Gasteiger partial charge in [-0.2, -0.15) is 13.2 Å². The van der Waals surface area contributed by atoms with Gasteiger partial charge in [0.05, 0.1) is 11.1 Å². The van der Waals surface area contributed by atoms with E-state index < -0.39 is 17.6 Å². The molecule has 2 heterocycles. The van der Waals surface area contributed by atoms with Gasteiger partial charge in [0.2, 0.25) is 5.91 Å². The molecule has 148 valence electrons. The number of hydrogen-bond acceptors (Lipinski definition) is 3. The highest BCUT2D eigenvalue weighted by Crippen LogP contribution is 2.50. The van der Waals surface area contributed by atoms with Crippen molar-refractivity contribution in [2.24, 2.45) is 5.92 Å². The van der Waals surface area contributed by atoms with Crippen LogP contribution < -0.4 is 0 Å². The topological polar surface area (TPSA) is 40.6 Å². The van der Waals surface area contributed by atoms with Crippen LogP contribution in [0.3, 0.4) is 0 Å². The minimum atomic E-state index is -4.58. The van der Waals surface area contributed by atoms with E-state index in [1.54, 1.807) is 16.2 Å². The first kappa shape index (κ1) is 19.0. The summed E-state index contributed by atoms with van der Waals surface area (Å²) >= 11 is 1.65. The van der Waals surface area contributed by atoms with Gasteiger partial charge in [-0.1, -0.05) is 18.2 Å². The summed E-state index contributed by atoms with van der Waals surface area (Å²) in [5.74, 6) is -0.276. The minimum Gasteiger partial charge on any atom is -0.339 e. The summed E-state index contributed by atoms with van der Waals surface area (Å²) in [6.07, 6.45) is -3.73. The molecule has 2 atom stereocenters. The number of nitrogens with zero attached hydrogens (tertiary/aromatic N) is 2. The summed E-state index contributed by atoms with van der Waals surface area (Å²) < 4.78 is 39.5. The monoisotopic (exact) mass is 408 g/mol. The minimum absolute atomic E-state index is 0.00754. The van der Waals surface area contributed by atoms with Crippen molar-refractivity contribution in [2.75, 3.05) is 26.2 Å². The lowest BCUT2D eigenvalue weighted by molar-refractivity contribution is -0.138. The first-order chi connectivity index (χ1) is 13.4. The van der Waals surface area contributed by atoms with Crippen LogP contribution in [-0.4, -0.2) is 47.8 Å². The molecule has 2 aliphatic rings. The van der Waals surface area contributed by atoms with Crippen molar-refractivity contribution in [3.8, 4) is 0 Å². The molecule has 8 heteroatoms. The van der Waals surface area contributed by atoms with Gasteiger partial charge in [-0.15, -0.1) is 11.3 Å². The Hall–Kier alpha value is -2.35. The number of amides is 2. The Morgan fingerprint density at radius 3 is 2.29 bits per heavy atom. The third-order valence-electron chi connectivity index (χ3n) is 5.36. The highest BCUT2D eigenvalue weighted by atomic mass is 32.1. The number of alkyl halides is 3. The summed E-state index contributed by atoms with van der Waals surface area (Å²) in [4.78, 5) is 29.7. The second-order valence-electron chi connectivity index (χ2n) is 7.12. The molecule has 4 rings (SSSR count). The van der Waals surface area contributed by atoms with E-state index in [0.717, 1.165) is 12.5 Å². The highest BCUT2D eigenvalue weighted by Gasteiger charge is 2.47. The Balaban J connectivity index is 1.37. The SMILES string of the molecule is O=C(c1ccccc1C(F)(F)F)N1CCN(C(=O)[C@@H]2C[C@@H]2c2cccs2)CC1. The van der Waals surface area contributed by atoms with Gasteiger partial charge in [-0.25, -0.2) is 0 Å². The van der Waals surface area contributed by atoms with Crippen molar-refractivity contribution in [1.29, 1.82) is 0 Å². The van der Waals surface area contributed by atoms with Crippen LogP contribution in [0, 0.1) is 5.92 Å². The van der Waals surface area contributed by atoms with Crippen molar-refractivity contribution in [1.82, 2.24) is 9.80 Å². The molecule has 2 fully saturated rings. The predicted octanol–water partition coefficient (Wildman–Crippen LogP) is 3.86. The third kappa shape index (κ3) is 3.65. The van der Waals surface area contributed by atoms with Crippen molar-refractivity contribution in [3.63, 3.8) is 0 Å². The lowest BCUT2D eigenvalue weighted by atomic mass is 10.1. The fourth-order valence-electron chi connectivity index (χ4n) is 3.74. The van der Waals surface area contributed by atoms with E-state index >= 15 is 0 Å². The average Bonchev–Trinajstić information content (AvgIpc) is 3.30. The molecule has 1 aromatic carbocycles. The van der Waals surface area contributed by atoms with Crippen LogP contribution in [0.25, 0.3) is 0 Å². The van der Waals surface area contributed by atoms with Crippen LogP contribution >= 0.6 is 11.3 Å². The standard InChI is InChI=1S/C20H19F3N2O2S/c21-20(22,23)16-5-2-1-4-13(16)18(26)24-7-9-25(10-8-24)19(27)15-12-14(15)17-6-3-11-28-17/h1-6,11,14-15H,7-10,12H2/t14-,15+/m0/s1. The lowest BCUT2D eigenvalue weighted by Gasteiger charge is -2.35. The second kappa shape index (κ2) is 7.24. The van der Waals surface area contributed by atoms with Gasteiger partial charge in [-0.3, -0.25) is 9.59 Å². The number of halogens is 3. The number of piperazine rings is 1. The molecule has 1 saturated heterocycles. The van der Waals surface area contributed by atoms with E-state index in [-0.39, 0.29) is 36.4 Å². The Labute approximate surface area is 164 Å². The highest BCUT2D eigenvalue weighted by molar-refractivity contribution is 7.10. The van der Waals surface area contributed by atoms with Crippen LogP contribution in [0.15, 0.2) is 41.8 Å². The fourth-order valence-corrected chi connectivity index (χ4v) is 4.64. The Kier molecular flexibility index (Phi) is 4.91. The molecule has 1 saturated carbocycles. The number of carbonyl (C=O) groups is 2. The summed E-state index contributed by atoms with van der Waals surface area (Å²) in [7, 11) is 0. The van der Waals surface area contributed by atoms with E-state index in [0.29, 0.717) is 13.1 Å². The van der Waals surface area contributed by atoms with E-state index in [2.05, 4.69) is 0 Å². The zero-order chi connectivity index (χ0) is 19.9. The molecule has 2 amide bonds. The van der Waals surface area contributed by atoms with Gasteiger partial charge in [-0.05, 0) is 30.0 Å². The summed E-state index contributed by atoms with van der Waals surface area (Å²) in [5, 5.41) is 2.00. The molecule has 0 N–H and O–H groups in total. The number of rotatable bonds is 3. The zero-order valence-corrected chi connectivity index (χ0v) is 15.8. The molecule has 0 bridgehead atoms. The summed E-state index contributed by atoms with van der Waals surface area (Å²) in [6.45, 7) is 1.19. The van der Waals surface area contributed by atoms with Gasteiger partial charge >= 0.3 is 6.18 Å². The van der Waals surface area contributed by atoms with E-state index in [1.807, 2.05) is 17.5 Å². The molecule has 0 unspecified atom stereocenters. The summed E-state index contributed by atoms with van der Waals surface area (Å²) in [6, 6.07) is 8.85.